The molecule has 2 rings (SSSR count). The Hall–Kier alpha value is -2.43. The van der Waals surface area contributed by atoms with Gasteiger partial charge in [0.05, 0.1) is 0 Å². The van der Waals surface area contributed by atoms with Crippen LogP contribution < -0.4 is 10.2 Å². The van der Waals surface area contributed by atoms with Crippen molar-refractivity contribution in [2.24, 2.45) is 0 Å². The van der Waals surface area contributed by atoms with E-state index in [1.54, 1.807) is 6.07 Å². The van der Waals surface area contributed by atoms with Gasteiger partial charge >= 0.3 is 0 Å². The molecule has 5 heteroatoms. The predicted octanol–water partition coefficient (Wildman–Crippen LogP) is 3.58. The summed E-state index contributed by atoms with van der Waals surface area (Å²) in [6.07, 6.45) is 2.24. The monoisotopic (exact) mass is 312 g/mol. The van der Waals surface area contributed by atoms with Gasteiger partial charge in [-0.05, 0) is 49.6 Å². The van der Waals surface area contributed by atoms with Gasteiger partial charge in [0.2, 0.25) is 0 Å². The second kappa shape index (κ2) is 7.72. The number of hydrogen-bond acceptors (Lipinski definition) is 4. The number of aryl methyl sites for hydroxylation is 2. The molecule has 0 unspecified atom stereocenters. The van der Waals surface area contributed by atoms with Crippen molar-refractivity contribution in [3.05, 3.63) is 47.2 Å². The Morgan fingerprint density at radius 2 is 1.96 bits per heavy atom. The summed E-state index contributed by atoms with van der Waals surface area (Å²) in [5.41, 5.74) is 3.25. The van der Waals surface area contributed by atoms with Gasteiger partial charge in [0.15, 0.2) is 11.5 Å². The molecule has 1 N–H and O–H groups in total. The quantitative estimate of drug-likeness (QED) is 0.885. The molecule has 0 fully saturated rings. The summed E-state index contributed by atoms with van der Waals surface area (Å²) in [5, 5.41) is 11.1. The maximum Gasteiger partial charge on any atom is 0.276 e. The molecule has 5 nitrogen and oxygen atoms in total. The third-order valence-corrected chi connectivity index (χ3v) is 3.76. The predicted molar refractivity (Wildman–Crippen MR) is 94.1 cm³/mol. The van der Waals surface area contributed by atoms with Gasteiger partial charge in [-0.25, -0.2) is 0 Å². The van der Waals surface area contributed by atoms with E-state index in [1.165, 1.54) is 0 Å². The maximum atomic E-state index is 12.3. The van der Waals surface area contributed by atoms with Gasteiger partial charge < -0.3 is 10.2 Å². The van der Waals surface area contributed by atoms with E-state index in [0.717, 1.165) is 42.0 Å². The molecule has 0 spiro atoms. The van der Waals surface area contributed by atoms with E-state index in [2.05, 4.69) is 22.4 Å². The van der Waals surface area contributed by atoms with Crippen LogP contribution in [0.4, 0.5) is 11.5 Å². The van der Waals surface area contributed by atoms with Gasteiger partial charge in [-0.3, -0.25) is 4.79 Å². The minimum absolute atomic E-state index is 0.242. The lowest BCUT2D eigenvalue weighted by Crippen LogP contribution is -2.21. The van der Waals surface area contributed by atoms with Crippen LogP contribution in [0.25, 0.3) is 0 Å². The largest absolute Gasteiger partial charge is 0.358 e. The molecule has 0 atom stereocenters. The number of carbonyl (C=O) groups excluding carboxylic acids is 1. The highest BCUT2D eigenvalue weighted by Crippen LogP contribution is 2.17. The standard InChI is InChI=1S/C18H24N4O/c1-5-6-11-22(4)17-10-9-15(20-21-17)18(23)19-16-12-13(2)7-8-14(16)3/h7-10,12H,5-6,11H2,1-4H3,(H,19,23). The number of nitrogens with zero attached hydrogens (tertiary/aromatic N) is 3. The molecule has 122 valence electrons. The summed E-state index contributed by atoms with van der Waals surface area (Å²) in [6, 6.07) is 9.51. The number of carbonyl (C=O) groups is 1. The lowest BCUT2D eigenvalue weighted by atomic mass is 10.1. The van der Waals surface area contributed by atoms with Crippen molar-refractivity contribution < 1.29 is 4.79 Å². The first-order chi connectivity index (χ1) is 11.0. The summed E-state index contributed by atoms with van der Waals surface area (Å²) in [7, 11) is 1.98. The average molecular weight is 312 g/mol. The van der Waals surface area contributed by atoms with Crippen LogP contribution in [0.1, 0.15) is 41.4 Å². The van der Waals surface area contributed by atoms with Crippen molar-refractivity contribution in [1.29, 1.82) is 0 Å². The van der Waals surface area contributed by atoms with Crippen LogP contribution in [0.3, 0.4) is 0 Å². The molecular weight excluding hydrogens is 288 g/mol. The van der Waals surface area contributed by atoms with Crippen LogP contribution in [0, 0.1) is 13.8 Å². The SMILES string of the molecule is CCCCN(C)c1ccc(C(=O)Nc2cc(C)ccc2C)nn1. The van der Waals surface area contributed by atoms with Crippen molar-refractivity contribution in [2.75, 3.05) is 23.8 Å². The van der Waals surface area contributed by atoms with Gasteiger partial charge in [0, 0.05) is 19.3 Å². The Kier molecular flexibility index (Phi) is 5.68. The first-order valence-electron chi connectivity index (χ1n) is 7.94. The van der Waals surface area contributed by atoms with Crippen molar-refractivity contribution in [2.45, 2.75) is 33.6 Å². The topological polar surface area (TPSA) is 58.1 Å². The molecule has 0 saturated carbocycles. The summed E-state index contributed by atoms with van der Waals surface area (Å²) in [6.45, 7) is 7.04. The Morgan fingerprint density at radius 3 is 2.61 bits per heavy atom. The third-order valence-electron chi connectivity index (χ3n) is 3.76. The lowest BCUT2D eigenvalue weighted by Gasteiger charge is -2.17. The second-order valence-electron chi connectivity index (χ2n) is 5.82. The number of amides is 1. The van der Waals surface area contributed by atoms with E-state index < -0.39 is 0 Å². The number of anilines is 2. The number of nitrogens with one attached hydrogen (secondary N) is 1. The molecule has 1 aromatic carbocycles. The molecular formula is C18H24N4O. The average Bonchev–Trinajstić information content (AvgIpc) is 2.56. The molecule has 23 heavy (non-hydrogen) atoms. The number of benzene rings is 1. The molecule has 0 radical (unpaired) electrons. The van der Waals surface area contributed by atoms with Crippen molar-refractivity contribution in [3.8, 4) is 0 Å². The highest BCUT2D eigenvalue weighted by atomic mass is 16.1. The van der Waals surface area contributed by atoms with Crippen LogP contribution in [-0.2, 0) is 0 Å². The van der Waals surface area contributed by atoms with E-state index in [-0.39, 0.29) is 5.91 Å². The fraction of sp³-hybridized carbons (Fsp3) is 0.389. The summed E-state index contributed by atoms with van der Waals surface area (Å²) in [4.78, 5) is 14.3. The zero-order valence-electron chi connectivity index (χ0n) is 14.3. The summed E-state index contributed by atoms with van der Waals surface area (Å²) in [5.74, 6) is 0.538. The Labute approximate surface area is 137 Å². The van der Waals surface area contributed by atoms with Crippen LogP contribution in [0.15, 0.2) is 30.3 Å². The zero-order chi connectivity index (χ0) is 16.8. The number of hydrogen-bond donors (Lipinski definition) is 1. The Balaban J connectivity index is 2.07. The Morgan fingerprint density at radius 1 is 1.17 bits per heavy atom. The van der Waals surface area contributed by atoms with Gasteiger partial charge in [-0.2, -0.15) is 0 Å². The van der Waals surface area contributed by atoms with E-state index in [0.29, 0.717) is 5.69 Å². The van der Waals surface area contributed by atoms with Crippen LogP contribution in [-0.4, -0.2) is 29.7 Å². The molecule has 1 amide bonds. The van der Waals surface area contributed by atoms with Gasteiger partial charge in [-0.1, -0.05) is 25.5 Å². The van der Waals surface area contributed by atoms with Gasteiger partial charge in [0.25, 0.3) is 5.91 Å². The van der Waals surface area contributed by atoms with Crippen molar-refractivity contribution >= 4 is 17.4 Å². The number of rotatable bonds is 6. The molecule has 0 saturated heterocycles. The van der Waals surface area contributed by atoms with Crippen molar-refractivity contribution in [1.82, 2.24) is 10.2 Å². The molecule has 0 aliphatic rings. The Bertz CT molecular complexity index is 667. The van der Waals surface area contributed by atoms with E-state index in [4.69, 9.17) is 0 Å². The minimum Gasteiger partial charge on any atom is -0.358 e. The van der Waals surface area contributed by atoms with Gasteiger partial charge in [-0.15, -0.1) is 10.2 Å². The smallest absolute Gasteiger partial charge is 0.276 e. The maximum absolute atomic E-state index is 12.3. The molecule has 0 bridgehead atoms. The molecule has 0 aliphatic heterocycles. The molecule has 2 aromatic rings. The first kappa shape index (κ1) is 16.9. The highest BCUT2D eigenvalue weighted by molar-refractivity contribution is 6.03. The fourth-order valence-electron chi connectivity index (χ4n) is 2.22. The summed E-state index contributed by atoms with van der Waals surface area (Å²) >= 11 is 0. The van der Waals surface area contributed by atoms with Crippen LogP contribution in [0.2, 0.25) is 0 Å². The molecule has 0 aliphatic carbocycles. The van der Waals surface area contributed by atoms with Crippen molar-refractivity contribution in [3.63, 3.8) is 0 Å². The third kappa shape index (κ3) is 4.52. The van der Waals surface area contributed by atoms with E-state index in [1.807, 2.05) is 50.1 Å². The fourth-order valence-corrected chi connectivity index (χ4v) is 2.22. The van der Waals surface area contributed by atoms with Crippen LogP contribution in [0.5, 0.6) is 0 Å². The molecule has 1 aromatic heterocycles. The number of aromatic nitrogens is 2. The summed E-state index contributed by atoms with van der Waals surface area (Å²) < 4.78 is 0. The zero-order valence-corrected chi connectivity index (χ0v) is 14.3. The normalized spacial score (nSPS) is 10.4. The first-order valence-corrected chi connectivity index (χ1v) is 7.94. The van der Waals surface area contributed by atoms with E-state index in [9.17, 15) is 4.79 Å². The van der Waals surface area contributed by atoms with Gasteiger partial charge in [0.1, 0.15) is 0 Å². The second-order valence-corrected chi connectivity index (χ2v) is 5.82. The highest BCUT2D eigenvalue weighted by Gasteiger charge is 2.11. The lowest BCUT2D eigenvalue weighted by molar-refractivity contribution is 0.102. The van der Waals surface area contributed by atoms with E-state index >= 15 is 0 Å². The van der Waals surface area contributed by atoms with Crippen LogP contribution >= 0.6 is 0 Å². The molecule has 1 heterocycles. The minimum atomic E-state index is -0.242. The number of unbranched alkanes of at least 4 members (excludes halogenated alkanes) is 1.